The summed E-state index contributed by atoms with van der Waals surface area (Å²) in [6.45, 7) is 0.626. The SMILES string of the molecule is O=C(O)C(CN1CCn2ccnc2C1)C(F)(F)F. The van der Waals surface area contributed by atoms with Gasteiger partial charge in [0.25, 0.3) is 0 Å². The molecule has 0 radical (unpaired) electrons. The Labute approximate surface area is 101 Å². The normalized spacial score (nSPS) is 18.4. The van der Waals surface area contributed by atoms with Crippen LogP contribution >= 0.6 is 0 Å². The van der Waals surface area contributed by atoms with E-state index in [1.54, 1.807) is 12.4 Å². The number of hydrogen-bond acceptors (Lipinski definition) is 3. The molecule has 5 nitrogen and oxygen atoms in total. The fraction of sp³-hybridized carbons (Fsp3) is 0.600. The summed E-state index contributed by atoms with van der Waals surface area (Å²) in [6.07, 6.45) is -1.39. The average molecular weight is 263 g/mol. The highest BCUT2D eigenvalue weighted by atomic mass is 19.4. The van der Waals surface area contributed by atoms with Gasteiger partial charge >= 0.3 is 12.1 Å². The van der Waals surface area contributed by atoms with Gasteiger partial charge < -0.3 is 9.67 Å². The highest BCUT2D eigenvalue weighted by Crippen LogP contribution is 2.28. The van der Waals surface area contributed by atoms with Gasteiger partial charge in [-0.3, -0.25) is 9.69 Å². The summed E-state index contributed by atoms with van der Waals surface area (Å²) in [5.74, 6) is -3.53. The number of rotatable bonds is 3. The van der Waals surface area contributed by atoms with Gasteiger partial charge in [0.15, 0.2) is 5.92 Å². The first-order valence-corrected chi connectivity index (χ1v) is 5.40. The second kappa shape index (κ2) is 4.60. The van der Waals surface area contributed by atoms with E-state index in [4.69, 9.17) is 5.11 Å². The molecule has 0 saturated heterocycles. The topological polar surface area (TPSA) is 58.4 Å². The summed E-state index contributed by atoms with van der Waals surface area (Å²) in [7, 11) is 0. The van der Waals surface area contributed by atoms with Crippen molar-refractivity contribution in [3.05, 3.63) is 18.2 Å². The van der Waals surface area contributed by atoms with Crippen LogP contribution in [0.4, 0.5) is 13.2 Å². The number of nitrogens with zero attached hydrogens (tertiary/aromatic N) is 3. The first-order valence-electron chi connectivity index (χ1n) is 5.40. The van der Waals surface area contributed by atoms with Gasteiger partial charge in [0.1, 0.15) is 5.82 Å². The number of aliphatic carboxylic acids is 1. The molecule has 0 amide bonds. The molecule has 0 aliphatic carbocycles. The second-order valence-electron chi connectivity index (χ2n) is 4.20. The summed E-state index contributed by atoms with van der Waals surface area (Å²) in [4.78, 5) is 16.1. The zero-order valence-electron chi connectivity index (χ0n) is 9.39. The zero-order chi connectivity index (χ0) is 13.3. The summed E-state index contributed by atoms with van der Waals surface area (Å²) >= 11 is 0. The molecule has 0 aromatic carbocycles. The van der Waals surface area contributed by atoms with E-state index in [2.05, 4.69) is 4.98 Å². The van der Waals surface area contributed by atoms with Crippen molar-refractivity contribution >= 4 is 5.97 Å². The molecule has 1 N–H and O–H groups in total. The first-order chi connectivity index (χ1) is 8.38. The van der Waals surface area contributed by atoms with Gasteiger partial charge in [0, 0.05) is 32.0 Å². The molecule has 2 rings (SSSR count). The van der Waals surface area contributed by atoms with Crippen LogP contribution in [0, 0.1) is 5.92 Å². The Bertz CT molecular complexity index is 444. The molecule has 18 heavy (non-hydrogen) atoms. The van der Waals surface area contributed by atoms with Crippen molar-refractivity contribution in [2.75, 3.05) is 13.1 Å². The van der Waals surface area contributed by atoms with Crippen molar-refractivity contribution in [1.29, 1.82) is 0 Å². The molecular formula is C10H12F3N3O2. The van der Waals surface area contributed by atoms with E-state index in [0.29, 0.717) is 18.9 Å². The van der Waals surface area contributed by atoms with Crippen molar-refractivity contribution in [1.82, 2.24) is 14.5 Å². The number of hydrogen-bond donors (Lipinski definition) is 1. The Kier molecular flexibility index (Phi) is 3.29. The molecular weight excluding hydrogens is 251 g/mol. The van der Waals surface area contributed by atoms with Crippen molar-refractivity contribution in [3.63, 3.8) is 0 Å². The number of carbonyl (C=O) groups is 1. The number of fused-ring (bicyclic) bond motifs is 1. The van der Waals surface area contributed by atoms with Crippen LogP contribution in [0.1, 0.15) is 5.82 Å². The van der Waals surface area contributed by atoms with Gasteiger partial charge in [0.05, 0.1) is 6.54 Å². The maximum Gasteiger partial charge on any atom is 0.403 e. The molecule has 1 atom stereocenters. The molecule has 0 bridgehead atoms. The van der Waals surface area contributed by atoms with E-state index in [9.17, 15) is 18.0 Å². The number of carboxylic acid groups (broad SMARTS) is 1. The van der Waals surface area contributed by atoms with Crippen LogP contribution < -0.4 is 0 Å². The number of aromatic nitrogens is 2. The fourth-order valence-corrected chi connectivity index (χ4v) is 1.96. The molecule has 8 heteroatoms. The predicted molar refractivity (Wildman–Crippen MR) is 54.7 cm³/mol. The molecule has 0 spiro atoms. The zero-order valence-corrected chi connectivity index (χ0v) is 9.39. The molecule has 100 valence electrons. The van der Waals surface area contributed by atoms with Gasteiger partial charge in [-0.2, -0.15) is 13.2 Å². The smallest absolute Gasteiger partial charge is 0.403 e. The molecule has 2 heterocycles. The molecule has 0 saturated carbocycles. The Morgan fingerprint density at radius 1 is 1.50 bits per heavy atom. The lowest BCUT2D eigenvalue weighted by Gasteiger charge is -2.30. The van der Waals surface area contributed by atoms with E-state index in [1.165, 1.54) is 4.90 Å². The largest absolute Gasteiger partial charge is 0.481 e. The van der Waals surface area contributed by atoms with Crippen molar-refractivity contribution in [2.24, 2.45) is 5.92 Å². The molecule has 1 aromatic heterocycles. The highest BCUT2D eigenvalue weighted by molar-refractivity contribution is 5.71. The molecule has 0 fully saturated rings. The highest BCUT2D eigenvalue weighted by Gasteiger charge is 2.46. The molecule has 1 aliphatic heterocycles. The number of alkyl halides is 3. The third-order valence-electron chi connectivity index (χ3n) is 2.96. The quantitative estimate of drug-likeness (QED) is 0.882. The van der Waals surface area contributed by atoms with Crippen molar-refractivity contribution in [3.8, 4) is 0 Å². The second-order valence-corrected chi connectivity index (χ2v) is 4.20. The maximum atomic E-state index is 12.5. The minimum Gasteiger partial charge on any atom is -0.481 e. The lowest BCUT2D eigenvalue weighted by molar-refractivity contribution is -0.197. The van der Waals surface area contributed by atoms with Crippen molar-refractivity contribution < 1.29 is 23.1 Å². The van der Waals surface area contributed by atoms with Crippen LogP contribution in [0.2, 0.25) is 0 Å². The van der Waals surface area contributed by atoms with Crippen LogP contribution in [0.15, 0.2) is 12.4 Å². The van der Waals surface area contributed by atoms with E-state index in [1.807, 2.05) is 4.57 Å². The summed E-state index contributed by atoms with van der Waals surface area (Å²) in [5.41, 5.74) is 0. The standard InChI is InChI=1S/C10H12F3N3O2/c11-10(12,13)7(9(17)18)5-15-3-4-16-2-1-14-8(16)6-15/h1-2,7H,3-6H2,(H,17,18). The lowest BCUT2D eigenvalue weighted by atomic mass is 10.1. The summed E-state index contributed by atoms with van der Waals surface area (Å²) in [5, 5.41) is 8.63. The number of imidazole rings is 1. The van der Waals surface area contributed by atoms with Crippen LogP contribution in [0.25, 0.3) is 0 Å². The van der Waals surface area contributed by atoms with E-state index in [-0.39, 0.29) is 6.54 Å². The molecule has 1 unspecified atom stereocenters. The third-order valence-corrected chi connectivity index (χ3v) is 2.96. The third kappa shape index (κ3) is 2.63. The van der Waals surface area contributed by atoms with E-state index in [0.717, 1.165) is 0 Å². The van der Waals surface area contributed by atoms with Crippen LogP contribution in [0.3, 0.4) is 0 Å². The predicted octanol–water partition coefficient (Wildman–Crippen LogP) is 0.962. The maximum absolute atomic E-state index is 12.5. The van der Waals surface area contributed by atoms with Gasteiger partial charge in [-0.1, -0.05) is 0 Å². The van der Waals surface area contributed by atoms with Crippen LogP contribution in [-0.2, 0) is 17.9 Å². The minimum atomic E-state index is -4.72. The molecule has 1 aromatic rings. The lowest BCUT2D eigenvalue weighted by Crippen LogP contribution is -2.44. The number of carboxylic acids is 1. The monoisotopic (exact) mass is 263 g/mol. The van der Waals surface area contributed by atoms with Crippen molar-refractivity contribution in [2.45, 2.75) is 19.3 Å². The van der Waals surface area contributed by atoms with E-state index < -0.39 is 24.6 Å². The number of halogens is 3. The average Bonchev–Trinajstić information content (AvgIpc) is 2.70. The van der Waals surface area contributed by atoms with Gasteiger partial charge in [0.2, 0.25) is 0 Å². The van der Waals surface area contributed by atoms with E-state index >= 15 is 0 Å². The Balaban J connectivity index is 2.04. The minimum absolute atomic E-state index is 0.243. The summed E-state index contributed by atoms with van der Waals surface area (Å²) in [6, 6.07) is 0. The Hall–Kier alpha value is -1.57. The first kappa shape index (κ1) is 12.9. The van der Waals surface area contributed by atoms with Gasteiger partial charge in [-0.15, -0.1) is 0 Å². The Morgan fingerprint density at radius 2 is 2.22 bits per heavy atom. The fourth-order valence-electron chi connectivity index (χ4n) is 1.96. The summed E-state index contributed by atoms with van der Waals surface area (Å²) < 4.78 is 39.4. The van der Waals surface area contributed by atoms with Crippen LogP contribution in [0.5, 0.6) is 0 Å². The van der Waals surface area contributed by atoms with Gasteiger partial charge in [-0.05, 0) is 0 Å². The Morgan fingerprint density at radius 3 is 2.83 bits per heavy atom. The van der Waals surface area contributed by atoms with Gasteiger partial charge in [-0.25, -0.2) is 4.98 Å². The van der Waals surface area contributed by atoms with Crippen LogP contribution in [-0.4, -0.2) is 44.8 Å². The molecule has 1 aliphatic rings.